The van der Waals surface area contributed by atoms with Crippen LogP contribution in [0.4, 0.5) is 0 Å². The first-order valence-corrected chi connectivity index (χ1v) is 13.5. The van der Waals surface area contributed by atoms with Crippen molar-refractivity contribution in [3.63, 3.8) is 0 Å². The highest BCUT2D eigenvalue weighted by atomic mass is 32.2. The zero-order valence-corrected chi connectivity index (χ0v) is 17.7. The number of sulfone groups is 2. The fraction of sp³-hybridized carbons (Fsp3) is 0.375. The molecule has 0 aliphatic carbocycles. The molecule has 150 valence electrons. The van der Waals surface area contributed by atoms with E-state index < -0.39 is 53.7 Å². The Morgan fingerprint density at radius 2 is 1.18 bits per heavy atom. The van der Waals surface area contributed by atoms with E-state index in [1.165, 1.54) is 32.5 Å². The van der Waals surface area contributed by atoms with Crippen LogP contribution in [0.2, 0.25) is 0 Å². The first-order valence-electron chi connectivity index (χ1n) is 8.29. The van der Waals surface area contributed by atoms with Crippen molar-refractivity contribution >= 4 is 54.2 Å². The van der Waals surface area contributed by atoms with Gasteiger partial charge < -0.3 is 9.80 Å². The van der Waals surface area contributed by atoms with Gasteiger partial charge in [-0.05, 0) is 22.9 Å². The normalized spacial score (nSPS) is 26.3. The van der Waals surface area contributed by atoms with Crippen LogP contribution in [0.3, 0.4) is 0 Å². The maximum absolute atomic E-state index is 12.5. The molecule has 2 fully saturated rings. The van der Waals surface area contributed by atoms with Gasteiger partial charge in [-0.1, -0.05) is 12.1 Å². The van der Waals surface area contributed by atoms with Crippen molar-refractivity contribution < 1.29 is 26.4 Å². The summed E-state index contributed by atoms with van der Waals surface area (Å²) < 4.78 is 49.9. The number of hydrogen-bond acceptors (Lipinski definition) is 8. The van der Waals surface area contributed by atoms with Gasteiger partial charge in [0.2, 0.25) is 11.8 Å². The van der Waals surface area contributed by atoms with Gasteiger partial charge in [-0.25, -0.2) is 16.8 Å². The maximum atomic E-state index is 12.5. The lowest BCUT2D eigenvalue weighted by Crippen LogP contribution is -2.39. The minimum atomic E-state index is -3.68. The molecule has 0 radical (unpaired) electrons. The predicted octanol–water partition coefficient (Wildman–Crippen LogP) is 1.02. The summed E-state index contributed by atoms with van der Waals surface area (Å²) in [6.07, 6.45) is 0. The average Bonchev–Trinajstić information content (AvgIpc) is 3.33. The molecular weight excluding hydrogens is 444 g/mol. The van der Waals surface area contributed by atoms with Gasteiger partial charge in [-0.3, -0.25) is 9.59 Å². The molecule has 4 heterocycles. The van der Waals surface area contributed by atoms with E-state index in [4.69, 9.17) is 0 Å². The smallest absolute Gasteiger partial charge is 0.239 e. The van der Waals surface area contributed by atoms with Crippen LogP contribution < -0.4 is 0 Å². The van der Waals surface area contributed by atoms with Crippen LogP contribution in [0, 0.1) is 0 Å². The van der Waals surface area contributed by atoms with Crippen LogP contribution in [0.1, 0.15) is 20.5 Å². The SMILES string of the molecule is O=C1CS(=O)(=O)[C@@H](c2cccs2)N1CCN1C(=O)CS(=O)(=O)[C@H]1c1cccs1. The van der Waals surface area contributed by atoms with E-state index in [2.05, 4.69) is 0 Å². The molecule has 0 unspecified atom stereocenters. The van der Waals surface area contributed by atoms with E-state index in [1.807, 2.05) is 0 Å². The predicted molar refractivity (Wildman–Crippen MR) is 105 cm³/mol. The molecule has 12 heteroatoms. The number of rotatable bonds is 5. The van der Waals surface area contributed by atoms with Crippen LogP contribution in [-0.4, -0.2) is 63.0 Å². The number of carbonyl (C=O) groups is 2. The summed E-state index contributed by atoms with van der Waals surface area (Å²) in [7, 11) is -7.36. The molecular formula is C16H16N2O6S4. The molecule has 2 atom stereocenters. The molecule has 2 saturated heterocycles. The maximum Gasteiger partial charge on any atom is 0.239 e. The number of amides is 2. The monoisotopic (exact) mass is 460 g/mol. The van der Waals surface area contributed by atoms with Crippen LogP contribution in [0.5, 0.6) is 0 Å². The molecule has 0 spiro atoms. The highest BCUT2D eigenvalue weighted by Gasteiger charge is 2.48. The van der Waals surface area contributed by atoms with Gasteiger partial charge in [0.1, 0.15) is 11.5 Å². The van der Waals surface area contributed by atoms with Gasteiger partial charge in [0.15, 0.2) is 30.4 Å². The second-order valence-electron chi connectivity index (χ2n) is 6.52. The first-order chi connectivity index (χ1) is 13.2. The molecule has 2 amide bonds. The van der Waals surface area contributed by atoms with Crippen molar-refractivity contribution in [2.24, 2.45) is 0 Å². The molecule has 4 rings (SSSR count). The Balaban J connectivity index is 1.60. The van der Waals surface area contributed by atoms with Crippen LogP contribution in [0.15, 0.2) is 35.0 Å². The van der Waals surface area contributed by atoms with Crippen molar-refractivity contribution in [2.45, 2.75) is 10.7 Å². The van der Waals surface area contributed by atoms with Crippen LogP contribution >= 0.6 is 22.7 Å². The fourth-order valence-corrected chi connectivity index (χ4v) is 9.61. The number of nitrogens with zero attached hydrogens (tertiary/aromatic N) is 2. The lowest BCUT2D eigenvalue weighted by molar-refractivity contribution is -0.132. The minimum absolute atomic E-state index is 0.0518. The molecule has 2 aliphatic rings. The Morgan fingerprint density at radius 1 is 0.786 bits per heavy atom. The Kier molecular flexibility index (Phi) is 4.84. The molecule has 0 N–H and O–H groups in total. The summed E-state index contributed by atoms with van der Waals surface area (Å²) in [5.74, 6) is -2.26. The van der Waals surface area contributed by atoms with Gasteiger partial charge >= 0.3 is 0 Å². The van der Waals surface area contributed by atoms with Gasteiger partial charge in [0, 0.05) is 22.8 Å². The Morgan fingerprint density at radius 3 is 1.50 bits per heavy atom. The summed E-state index contributed by atoms with van der Waals surface area (Å²) in [5, 5.41) is 1.29. The van der Waals surface area contributed by atoms with E-state index in [-0.39, 0.29) is 13.1 Å². The third kappa shape index (κ3) is 3.27. The molecule has 0 bridgehead atoms. The molecule has 0 aromatic carbocycles. The van der Waals surface area contributed by atoms with Gasteiger partial charge in [-0.2, -0.15) is 0 Å². The lowest BCUT2D eigenvalue weighted by Gasteiger charge is -2.27. The van der Waals surface area contributed by atoms with E-state index >= 15 is 0 Å². The molecule has 2 aromatic heterocycles. The Bertz CT molecular complexity index is 1020. The molecule has 28 heavy (non-hydrogen) atoms. The average molecular weight is 461 g/mol. The quantitative estimate of drug-likeness (QED) is 0.659. The van der Waals surface area contributed by atoms with Gasteiger partial charge in [0.25, 0.3) is 0 Å². The molecule has 0 saturated carbocycles. The van der Waals surface area contributed by atoms with Crippen LogP contribution in [-0.2, 0) is 29.3 Å². The van der Waals surface area contributed by atoms with Gasteiger partial charge in [-0.15, -0.1) is 22.7 Å². The zero-order valence-electron chi connectivity index (χ0n) is 14.4. The lowest BCUT2D eigenvalue weighted by atomic mass is 10.3. The van der Waals surface area contributed by atoms with Crippen LogP contribution in [0.25, 0.3) is 0 Å². The summed E-state index contributed by atoms with van der Waals surface area (Å²) in [4.78, 5) is 28.2. The number of carbonyl (C=O) groups excluding carboxylic acids is 2. The third-order valence-corrected chi connectivity index (χ3v) is 10.5. The van der Waals surface area contributed by atoms with E-state index in [0.29, 0.717) is 9.75 Å². The number of hydrogen-bond donors (Lipinski definition) is 0. The second kappa shape index (κ2) is 6.94. The standard InChI is InChI=1S/C16H16N2O6S4/c19-13-9-27(21,22)15(11-3-1-7-25-11)17(13)5-6-18-14(20)10-28(23,24)16(18)12-4-2-8-26-12/h1-4,7-8,15-16H,5-6,9-10H2/t15-,16-/m0/s1. The molecule has 2 aliphatic heterocycles. The second-order valence-corrected chi connectivity index (χ2v) is 12.6. The summed E-state index contributed by atoms with van der Waals surface area (Å²) >= 11 is 2.47. The zero-order chi connectivity index (χ0) is 20.1. The highest BCUT2D eigenvalue weighted by Crippen LogP contribution is 2.38. The van der Waals surface area contributed by atoms with Crippen molar-refractivity contribution in [1.29, 1.82) is 0 Å². The summed E-state index contributed by atoms with van der Waals surface area (Å²) in [5.41, 5.74) is 0. The van der Waals surface area contributed by atoms with Gasteiger partial charge in [0.05, 0.1) is 0 Å². The highest BCUT2D eigenvalue weighted by molar-refractivity contribution is 7.93. The van der Waals surface area contributed by atoms with E-state index in [0.717, 1.165) is 0 Å². The van der Waals surface area contributed by atoms with Crippen molar-refractivity contribution in [3.8, 4) is 0 Å². The topological polar surface area (TPSA) is 109 Å². The first kappa shape index (κ1) is 19.6. The summed E-state index contributed by atoms with van der Waals surface area (Å²) in [6, 6.07) is 6.72. The Hall–Kier alpha value is -1.76. The van der Waals surface area contributed by atoms with Crippen molar-refractivity contribution in [1.82, 2.24) is 9.80 Å². The third-order valence-electron chi connectivity index (χ3n) is 4.69. The number of thiophene rings is 2. The molecule has 8 nitrogen and oxygen atoms in total. The van der Waals surface area contributed by atoms with Crippen molar-refractivity contribution in [2.75, 3.05) is 24.6 Å². The summed E-state index contributed by atoms with van der Waals surface area (Å²) in [6.45, 7) is -0.104. The Labute approximate surface area is 170 Å². The van der Waals surface area contributed by atoms with E-state index in [9.17, 15) is 26.4 Å². The van der Waals surface area contributed by atoms with E-state index in [1.54, 1.807) is 35.0 Å². The minimum Gasteiger partial charge on any atom is -0.319 e. The van der Waals surface area contributed by atoms with Crippen molar-refractivity contribution in [3.05, 3.63) is 44.8 Å². The molecule has 2 aromatic rings. The largest absolute Gasteiger partial charge is 0.319 e. The fourth-order valence-electron chi connectivity index (χ4n) is 3.54.